The first-order chi connectivity index (χ1) is 14.3. The fourth-order valence-electron chi connectivity index (χ4n) is 2.69. The molecule has 1 heterocycles. The van der Waals surface area contributed by atoms with Gasteiger partial charge in [0.25, 0.3) is 5.91 Å². The van der Waals surface area contributed by atoms with Gasteiger partial charge in [-0.05, 0) is 65.2 Å². The van der Waals surface area contributed by atoms with Crippen LogP contribution in [0.3, 0.4) is 0 Å². The van der Waals surface area contributed by atoms with Gasteiger partial charge in [0.05, 0.1) is 16.8 Å². The third-order valence-corrected chi connectivity index (χ3v) is 6.27. The Labute approximate surface area is 183 Å². The summed E-state index contributed by atoms with van der Waals surface area (Å²) in [6, 6.07) is 14.0. The van der Waals surface area contributed by atoms with Crippen molar-refractivity contribution in [2.75, 3.05) is 11.9 Å². The standard InChI is InChI=1S/C21H20BrN3O4S/c1-3-29-17-10-8-16(9-11-17)24-20(26)19-18(22)12-23-21(25-19)30(27,28)13-15-7-5-4-6-14(15)2/h4-12H,3,13H2,1-2H3,(H,24,26). The number of carbonyl (C=O) groups excluding carboxylic acids is 1. The van der Waals surface area contributed by atoms with Crippen LogP contribution in [-0.4, -0.2) is 30.9 Å². The molecular weight excluding hydrogens is 470 g/mol. The van der Waals surface area contributed by atoms with E-state index in [-0.39, 0.29) is 11.4 Å². The van der Waals surface area contributed by atoms with Gasteiger partial charge in [-0.2, -0.15) is 0 Å². The molecule has 0 fully saturated rings. The summed E-state index contributed by atoms with van der Waals surface area (Å²) < 4.78 is 31.3. The van der Waals surface area contributed by atoms with E-state index in [0.717, 1.165) is 5.56 Å². The van der Waals surface area contributed by atoms with Crippen molar-refractivity contribution in [2.24, 2.45) is 0 Å². The van der Waals surface area contributed by atoms with Crippen LogP contribution in [0, 0.1) is 6.92 Å². The Bertz CT molecular complexity index is 1170. The predicted molar refractivity (Wildman–Crippen MR) is 117 cm³/mol. The molecule has 0 saturated heterocycles. The third-order valence-electron chi connectivity index (χ3n) is 4.25. The van der Waals surface area contributed by atoms with Crippen molar-refractivity contribution in [1.29, 1.82) is 0 Å². The van der Waals surface area contributed by atoms with Gasteiger partial charge in [0, 0.05) is 11.9 Å². The smallest absolute Gasteiger partial charge is 0.275 e. The number of ether oxygens (including phenoxy) is 1. The maximum Gasteiger partial charge on any atom is 0.275 e. The summed E-state index contributed by atoms with van der Waals surface area (Å²) in [5.74, 6) is -0.120. The number of aryl methyl sites for hydroxylation is 1. The van der Waals surface area contributed by atoms with Crippen molar-refractivity contribution in [2.45, 2.75) is 24.8 Å². The van der Waals surface area contributed by atoms with Gasteiger partial charge in [-0.1, -0.05) is 24.3 Å². The van der Waals surface area contributed by atoms with Gasteiger partial charge in [-0.3, -0.25) is 4.79 Å². The molecule has 3 aromatic rings. The molecule has 30 heavy (non-hydrogen) atoms. The van der Waals surface area contributed by atoms with E-state index in [2.05, 4.69) is 31.2 Å². The van der Waals surface area contributed by atoms with E-state index < -0.39 is 20.9 Å². The first-order valence-electron chi connectivity index (χ1n) is 9.14. The molecule has 0 radical (unpaired) electrons. The van der Waals surface area contributed by atoms with Gasteiger partial charge in [-0.15, -0.1) is 0 Å². The van der Waals surface area contributed by atoms with Crippen molar-refractivity contribution in [3.63, 3.8) is 0 Å². The van der Waals surface area contributed by atoms with Crippen LogP contribution in [0.15, 0.2) is 64.4 Å². The van der Waals surface area contributed by atoms with Crippen LogP contribution < -0.4 is 10.1 Å². The van der Waals surface area contributed by atoms with Gasteiger partial charge < -0.3 is 10.1 Å². The summed E-state index contributed by atoms with van der Waals surface area (Å²) in [6.07, 6.45) is 1.27. The lowest BCUT2D eigenvalue weighted by molar-refractivity contribution is 0.102. The number of nitrogens with one attached hydrogen (secondary N) is 1. The van der Waals surface area contributed by atoms with Crippen LogP contribution in [0.2, 0.25) is 0 Å². The minimum atomic E-state index is -3.83. The highest BCUT2D eigenvalue weighted by molar-refractivity contribution is 9.10. The highest BCUT2D eigenvalue weighted by Gasteiger charge is 2.23. The lowest BCUT2D eigenvalue weighted by Crippen LogP contribution is -2.18. The quantitative estimate of drug-likeness (QED) is 0.500. The zero-order valence-corrected chi connectivity index (χ0v) is 18.8. The van der Waals surface area contributed by atoms with Crippen molar-refractivity contribution < 1.29 is 17.9 Å². The van der Waals surface area contributed by atoms with E-state index in [1.807, 2.05) is 26.0 Å². The number of benzene rings is 2. The zero-order valence-electron chi connectivity index (χ0n) is 16.4. The molecule has 156 valence electrons. The average Bonchev–Trinajstić information content (AvgIpc) is 2.71. The molecule has 7 nitrogen and oxygen atoms in total. The fourth-order valence-corrected chi connectivity index (χ4v) is 4.37. The number of carbonyl (C=O) groups is 1. The molecule has 0 atom stereocenters. The largest absolute Gasteiger partial charge is 0.494 e. The third kappa shape index (κ3) is 5.22. The summed E-state index contributed by atoms with van der Waals surface area (Å²) in [5, 5.41) is 2.30. The minimum Gasteiger partial charge on any atom is -0.494 e. The highest BCUT2D eigenvalue weighted by Crippen LogP contribution is 2.21. The lowest BCUT2D eigenvalue weighted by atomic mass is 10.1. The van der Waals surface area contributed by atoms with Crippen molar-refractivity contribution >= 4 is 37.4 Å². The molecule has 9 heteroatoms. The Morgan fingerprint density at radius 2 is 1.83 bits per heavy atom. The van der Waals surface area contributed by atoms with Crippen LogP contribution in [0.5, 0.6) is 5.75 Å². The topological polar surface area (TPSA) is 98.2 Å². The molecule has 0 aliphatic carbocycles. The number of halogens is 1. The molecule has 1 aromatic heterocycles. The monoisotopic (exact) mass is 489 g/mol. The second kappa shape index (κ2) is 9.36. The second-order valence-corrected chi connectivity index (χ2v) is 9.18. The Morgan fingerprint density at radius 1 is 1.13 bits per heavy atom. The normalized spacial score (nSPS) is 11.2. The van der Waals surface area contributed by atoms with Gasteiger partial charge in [0.2, 0.25) is 15.0 Å². The zero-order chi connectivity index (χ0) is 21.7. The highest BCUT2D eigenvalue weighted by atomic mass is 79.9. The molecule has 2 aromatic carbocycles. The van der Waals surface area contributed by atoms with Crippen LogP contribution in [0.25, 0.3) is 0 Å². The molecule has 0 aliphatic heterocycles. The Balaban J connectivity index is 1.83. The first kappa shape index (κ1) is 21.9. The van der Waals surface area contributed by atoms with Gasteiger partial charge in [0.15, 0.2) is 0 Å². The molecule has 0 saturated carbocycles. The Kier molecular flexibility index (Phi) is 6.84. The number of amides is 1. The fraction of sp³-hybridized carbons (Fsp3) is 0.190. The summed E-state index contributed by atoms with van der Waals surface area (Å²) in [4.78, 5) is 20.6. The maximum absolute atomic E-state index is 12.8. The molecule has 3 rings (SSSR count). The number of hydrogen-bond acceptors (Lipinski definition) is 6. The van der Waals surface area contributed by atoms with Gasteiger partial charge in [0.1, 0.15) is 11.4 Å². The lowest BCUT2D eigenvalue weighted by Gasteiger charge is -2.10. The number of rotatable bonds is 7. The summed E-state index contributed by atoms with van der Waals surface area (Å²) in [5.41, 5.74) is 1.97. The van der Waals surface area contributed by atoms with Crippen molar-refractivity contribution in [1.82, 2.24) is 9.97 Å². The molecule has 0 unspecified atom stereocenters. The summed E-state index contributed by atoms with van der Waals surface area (Å²) >= 11 is 3.22. The predicted octanol–water partition coefficient (Wildman–Crippen LogP) is 4.17. The number of nitrogens with zero attached hydrogens (tertiary/aromatic N) is 2. The molecule has 1 N–H and O–H groups in total. The van der Waals surface area contributed by atoms with E-state index >= 15 is 0 Å². The van der Waals surface area contributed by atoms with E-state index in [1.165, 1.54) is 6.20 Å². The Hall–Kier alpha value is -2.78. The maximum atomic E-state index is 12.8. The molecule has 0 aliphatic rings. The van der Waals surface area contributed by atoms with E-state index in [9.17, 15) is 13.2 Å². The van der Waals surface area contributed by atoms with Crippen LogP contribution in [-0.2, 0) is 15.6 Å². The molecule has 1 amide bonds. The van der Waals surface area contributed by atoms with Crippen LogP contribution in [0.4, 0.5) is 5.69 Å². The van der Waals surface area contributed by atoms with E-state index in [4.69, 9.17) is 4.74 Å². The van der Waals surface area contributed by atoms with Crippen molar-refractivity contribution in [3.8, 4) is 5.75 Å². The molecule has 0 spiro atoms. The molecular formula is C21H20BrN3O4S. The molecule has 0 bridgehead atoms. The Morgan fingerprint density at radius 3 is 2.50 bits per heavy atom. The first-order valence-corrected chi connectivity index (χ1v) is 11.6. The van der Waals surface area contributed by atoms with E-state index in [1.54, 1.807) is 36.4 Å². The number of sulfone groups is 1. The average molecular weight is 490 g/mol. The number of anilines is 1. The van der Waals surface area contributed by atoms with Gasteiger partial charge >= 0.3 is 0 Å². The van der Waals surface area contributed by atoms with Crippen molar-refractivity contribution in [3.05, 3.63) is 76.0 Å². The van der Waals surface area contributed by atoms with Crippen LogP contribution >= 0.6 is 15.9 Å². The summed E-state index contributed by atoms with van der Waals surface area (Å²) in [7, 11) is -3.83. The van der Waals surface area contributed by atoms with E-state index in [0.29, 0.717) is 28.1 Å². The van der Waals surface area contributed by atoms with Crippen LogP contribution in [0.1, 0.15) is 28.5 Å². The SMILES string of the molecule is CCOc1ccc(NC(=O)c2nc(S(=O)(=O)Cc3ccccc3C)ncc2Br)cc1. The van der Waals surface area contributed by atoms with Gasteiger partial charge in [-0.25, -0.2) is 18.4 Å². The minimum absolute atomic E-state index is 0.0674. The summed E-state index contributed by atoms with van der Waals surface area (Å²) in [6.45, 7) is 4.26. The number of aromatic nitrogens is 2. The number of hydrogen-bond donors (Lipinski definition) is 1. The second-order valence-electron chi connectivity index (χ2n) is 6.45.